The first-order chi connectivity index (χ1) is 18.6. The lowest BCUT2D eigenvalue weighted by atomic mass is 9.78. The summed E-state index contributed by atoms with van der Waals surface area (Å²) < 4.78 is 34.5. The molecule has 2 aliphatic heterocycles. The molecule has 4 heterocycles. The van der Waals surface area contributed by atoms with E-state index in [1.54, 1.807) is 6.07 Å². The van der Waals surface area contributed by atoms with E-state index in [1.807, 2.05) is 30.5 Å². The van der Waals surface area contributed by atoms with E-state index in [4.69, 9.17) is 0 Å². The number of rotatable bonds is 1. The second-order valence-corrected chi connectivity index (χ2v) is 10.1. The molecule has 0 fully saturated rings. The molecule has 0 N–H and O–H groups in total. The molecule has 0 aliphatic carbocycles. The van der Waals surface area contributed by atoms with Crippen LogP contribution in [0, 0.1) is 11.6 Å². The van der Waals surface area contributed by atoms with Crippen LogP contribution < -0.4 is 9.13 Å². The lowest BCUT2D eigenvalue weighted by Crippen LogP contribution is -2.53. The standard InChI is InChI=1S/C34H26F2N2/c1-22-34-29(25-11-5-6-12-26(25)31-13-7-8-19-38(31)34)15-14-28-27(16-17-30(35)33(28)36)32-21-24(18-20-37(22)32)23-9-3-2-4-10-23/h2-13,16-21,29,34H,1,14-15H2/q+2. The molecule has 38 heavy (non-hydrogen) atoms. The first kappa shape index (κ1) is 22.7. The van der Waals surface area contributed by atoms with Crippen LogP contribution >= 0.6 is 0 Å². The second kappa shape index (κ2) is 8.84. The van der Waals surface area contributed by atoms with Crippen LogP contribution in [0.1, 0.15) is 29.5 Å². The Bertz CT molecular complexity index is 1720. The topological polar surface area (TPSA) is 7.76 Å². The molecule has 3 aromatic carbocycles. The minimum Gasteiger partial charge on any atom is -0.204 e. The van der Waals surface area contributed by atoms with Gasteiger partial charge in [0.25, 0.3) is 0 Å². The van der Waals surface area contributed by atoms with E-state index < -0.39 is 11.6 Å². The van der Waals surface area contributed by atoms with E-state index in [0.29, 0.717) is 24.0 Å². The Morgan fingerprint density at radius 1 is 0.711 bits per heavy atom. The molecule has 0 spiro atoms. The zero-order valence-electron chi connectivity index (χ0n) is 20.8. The molecule has 2 aromatic heterocycles. The van der Waals surface area contributed by atoms with Crippen molar-refractivity contribution in [2.24, 2.45) is 0 Å². The fourth-order valence-electron chi connectivity index (χ4n) is 6.34. The molecule has 0 bridgehead atoms. The Morgan fingerprint density at radius 3 is 2.37 bits per heavy atom. The van der Waals surface area contributed by atoms with Gasteiger partial charge in [-0.25, -0.2) is 8.78 Å². The average molecular weight is 501 g/mol. The van der Waals surface area contributed by atoms with Gasteiger partial charge in [-0.15, -0.1) is 0 Å². The molecule has 0 radical (unpaired) electrons. The number of fused-ring (bicyclic) bond motifs is 9. The van der Waals surface area contributed by atoms with E-state index in [1.165, 1.54) is 17.2 Å². The number of nitrogens with zero attached hydrogens (tertiary/aromatic N) is 2. The van der Waals surface area contributed by atoms with Gasteiger partial charge in [-0.2, -0.15) is 9.13 Å². The van der Waals surface area contributed by atoms with E-state index >= 15 is 4.39 Å². The van der Waals surface area contributed by atoms with Crippen molar-refractivity contribution in [3.8, 4) is 33.6 Å². The van der Waals surface area contributed by atoms with Crippen molar-refractivity contribution in [1.29, 1.82) is 0 Å². The van der Waals surface area contributed by atoms with Crippen molar-refractivity contribution >= 4 is 5.70 Å². The summed E-state index contributed by atoms with van der Waals surface area (Å²) in [4.78, 5) is 0. The second-order valence-electron chi connectivity index (χ2n) is 10.1. The minimum atomic E-state index is -0.812. The van der Waals surface area contributed by atoms with Crippen molar-refractivity contribution in [3.05, 3.63) is 139 Å². The zero-order chi connectivity index (χ0) is 25.8. The van der Waals surface area contributed by atoms with Gasteiger partial charge in [0.2, 0.25) is 23.1 Å². The van der Waals surface area contributed by atoms with Gasteiger partial charge in [0.1, 0.15) is 0 Å². The van der Waals surface area contributed by atoms with Gasteiger partial charge in [-0.3, -0.25) is 0 Å². The Kier molecular flexibility index (Phi) is 5.29. The summed E-state index contributed by atoms with van der Waals surface area (Å²) >= 11 is 0. The van der Waals surface area contributed by atoms with Crippen LogP contribution in [0.2, 0.25) is 0 Å². The molecule has 184 valence electrons. The molecule has 0 saturated carbocycles. The predicted molar refractivity (Wildman–Crippen MR) is 145 cm³/mol. The number of hydrogen-bond donors (Lipinski definition) is 0. The highest BCUT2D eigenvalue weighted by Gasteiger charge is 2.46. The van der Waals surface area contributed by atoms with Crippen LogP contribution in [0.5, 0.6) is 0 Å². The summed E-state index contributed by atoms with van der Waals surface area (Å²) in [5, 5.41) is 0. The van der Waals surface area contributed by atoms with Gasteiger partial charge < -0.3 is 0 Å². The molecular formula is C34H26F2N2+2. The SMILES string of the molecule is C=C1C2C(CCc3c(ccc(F)c3F)-c3cc(-c4ccccc4)cc[n+]31)c1ccccc1-c1cccc[n+]12. The lowest BCUT2D eigenvalue weighted by Gasteiger charge is -2.29. The predicted octanol–water partition coefficient (Wildman–Crippen LogP) is 7.30. The maximum Gasteiger partial charge on any atom is 0.249 e. The fourth-order valence-corrected chi connectivity index (χ4v) is 6.34. The number of halogens is 2. The molecule has 7 rings (SSSR count). The molecule has 0 saturated heterocycles. The van der Waals surface area contributed by atoms with Gasteiger partial charge in [0.05, 0.1) is 11.5 Å². The summed E-state index contributed by atoms with van der Waals surface area (Å²) in [6.45, 7) is 4.64. The molecule has 5 aromatic rings. The Hall–Kier alpha value is -4.44. The zero-order valence-corrected chi connectivity index (χ0v) is 20.8. The maximum absolute atomic E-state index is 15.5. The maximum atomic E-state index is 15.5. The van der Waals surface area contributed by atoms with Crippen LogP contribution in [0.3, 0.4) is 0 Å². The molecule has 0 amide bonds. The summed E-state index contributed by atoms with van der Waals surface area (Å²) in [5.74, 6) is -1.53. The van der Waals surface area contributed by atoms with Gasteiger partial charge in [0, 0.05) is 35.4 Å². The van der Waals surface area contributed by atoms with Gasteiger partial charge in [-0.1, -0.05) is 48.5 Å². The van der Waals surface area contributed by atoms with E-state index in [2.05, 4.69) is 82.6 Å². The van der Waals surface area contributed by atoms with Crippen molar-refractivity contribution in [3.63, 3.8) is 0 Å². The lowest BCUT2D eigenvalue weighted by molar-refractivity contribution is -0.727. The number of aromatic nitrogens is 2. The van der Waals surface area contributed by atoms with E-state index in [9.17, 15) is 4.39 Å². The van der Waals surface area contributed by atoms with Gasteiger partial charge >= 0.3 is 0 Å². The van der Waals surface area contributed by atoms with Crippen LogP contribution in [0.25, 0.3) is 39.3 Å². The highest BCUT2D eigenvalue weighted by Crippen LogP contribution is 2.45. The number of pyridine rings is 2. The quantitative estimate of drug-likeness (QED) is 0.214. The van der Waals surface area contributed by atoms with Gasteiger partial charge in [-0.05, 0) is 60.4 Å². The van der Waals surface area contributed by atoms with Crippen molar-refractivity contribution in [1.82, 2.24) is 0 Å². The number of allylic oxidation sites excluding steroid dienone is 1. The van der Waals surface area contributed by atoms with Crippen molar-refractivity contribution in [2.45, 2.75) is 24.8 Å². The molecule has 2 nitrogen and oxygen atoms in total. The molecule has 4 heteroatoms. The normalized spacial score (nSPS) is 17.6. The van der Waals surface area contributed by atoms with Crippen LogP contribution in [-0.4, -0.2) is 0 Å². The highest BCUT2D eigenvalue weighted by molar-refractivity contribution is 5.72. The monoisotopic (exact) mass is 500 g/mol. The van der Waals surface area contributed by atoms with Crippen LogP contribution in [-0.2, 0) is 6.42 Å². The van der Waals surface area contributed by atoms with E-state index in [0.717, 1.165) is 28.2 Å². The van der Waals surface area contributed by atoms with Crippen molar-refractivity contribution < 1.29 is 17.9 Å². The largest absolute Gasteiger partial charge is 0.249 e. The minimum absolute atomic E-state index is 0.0429. The van der Waals surface area contributed by atoms with Crippen molar-refractivity contribution in [2.75, 3.05) is 0 Å². The third kappa shape index (κ3) is 3.44. The fraction of sp³-hybridized carbons (Fsp3) is 0.118. The van der Waals surface area contributed by atoms with Crippen LogP contribution in [0.15, 0.2) is 116 Å². The molecular weight excluding hydrogens is 474 g/mol. The summed E-state index contributed by atoms with van der Waals surface area (Å²) in [7, 11) is 0. The van der Waals surface area contributed by atoms with Gasteiger partial charge in [0.15, 0.2) is 24.0 Å². The summed E-state index contributed by atoms with van der Waals surface area (Å²) in [6, 6.07) is 31.8. The third-order valence-electron chi connectivity index (χ3n) is 8.10. The first-order valence-electron chi connectivity index (χ1n) is 13.0. The van der Waals surface area contributed by atoms with E-state index in [-0.39, 0.29) is 12.0 Å². The summed E-state index contributed by atoms with van der Waals surface area (Å²) in [6.07, 6.45) is 5.21. The average Bonchev–Trinajstić information content (AvgIpc) is 3.02. The number of hydrogen-bond acceptors (Lipinski definition) is 0. The number of benzene rings is 3. The van der Waals surface area contributed by atoms with Crippen LogP contribution in [0.4, 0.5) is 8.78 Å². The first-order valence-corrected chi connectivity index (χ1v) is 13.0. The Morgan fingerprint density at radius 2 is 1.50 bits per heavy atom. The molecule has 2 aliphatic rings. The Labute approximate surface area is 220 Å². The molecule has 2 atom stereocenters. The third-order valence-corrected chi connectivity index (χ3v) is 8.10. The highest BCUT2D eigenvalue weighted by atomic mass is 19.2. The summed E-state index contributed by atoms with van der Waals surface area (Å²) in [5.41, 5.74) is 8.42. The Balaban J connectivity index is 1.51. The smallest absolute Gasteiger partial charge is 0.204 e. The molecule has 2 unspecified atom stereocenters.